The first-order valence-corrected chi connectivity index (χ1v) is 13.1. The second kappa shape index (κ2) is 11.0. The smallest absolute Gasteiger partial charge is 0.341 e. The zero-order valence-corrected chi connectivity index (χ0v) is 23.1. The molecule has 2 aliphatic rings. The Morgan fingerprint density at radius 2 is 1.85 bits per heavy atom. The highest BCUT2D eigenvalue weighted by molar-refractivity contribution is 6.08. The summed E-state index contributed by atoms with van der Waals surface area (Å²) in [6, 6.07) is 6.46. The van der Waals surface area contributed by atoms with Crippen LogP contribution in [0.15, 0.2) is 24.3 Å². The fourth-order valence-corrected chi connectivity index (χ4v) is 5.02. The lowest BCUT2D eigenvalue weighted by Crippen LogP contribution is -2.31. The van der Waals surface area contributed by atoms with Crippen LogP contribution in [0.25, 0.3) is 0 Å². The maximum atomic E-state index is 13.7. The van der Waals surface area contributed by atoms with E-state index < -0.39 is 23.9 Å². The van der Waals surface area contributed by atoms with Crippen LogP contribution in [0.3, 0.4) is 0 Å². The Balaban J connectivity index is 1.70. The zero-order valence-electron chi connectivity index (χ0n) is 23.1. The molecular weight excluding hydrogens is 516 g/mol. The van der Waals surface area contributed by atoms with Crippen molar-refractivity contribution in [1.82, 2.24) is 4.90 Å². The van der Waals surface area contributed by atoms with Gasteiger partial charge in [-0.2, -0.15) is 0 Å². The van der Waals surface area contributed by atoms with Gasteiger partial charge in [-0.05, 0) is 48.6 Å². The molecule has 1 saturated heterocycles. The molecule has 40 heavy (non-hydrogen) atoms. The van der Waals surface area contributed by atoms with Crippen molar-refractivity contribution in [2.45, 2.75) is 52.5 Å². The first kappa shape index (κ1) is 28.6. The Morgan fingerprint density at radius 1 is 1.12 bits per heavy atom. The molecule has 212 valence electrons. The third-order valence-corrected chi connectivity index (χ3v) is 6.94. The second-order valence-electron chi connectivity index (χ2n) is 10.9. The van der Waals surface area contributed by atoms with E-state index in [0.29, 0.717) is 54.1 Å². The molecule has 2 aromatic rings. The number of aliphatic carboxylic acids is 1. The summed E-state index contributed by atoms with van der Waals surface area (Å²) >= 11 is 0. The lowest BCUT2D eigenvalue weighted by molar-refractivity contribution is -0.139. The molecule has 4 rings (SSSR count). The van der Waals surface area contributed by atoms with Crippen molar-refractivity contribution in [2.24, 2.45) is 5.73 Å². The first-order chi connectivity index (χ1) is 18.8. The molecule has 0 spiro atoms. The van der Waals surface area contributed by atoms with Crippen molar-refractivity contribution in [3.63, 3.8) is 0 Å². The molecule has 2 amide bonds. The Hall–Kier alpha value is -4.41. The van der Waals surface area contributed by atoms with Crippen LogP contribution in [-0.2, 0) is 21.5 Å². The van der Waals surface area contributed by atoms with Crippen LogP contribution < -0.4 is 20.1 Å². The van der Waals surface area contributed by atoms with Crippen molar-refractivity contribution in [2.75, 3.05) is 31.2 Å². The zero-order chi connectivity index (χ0) is 29.4. The van der Waals surface area contributed by atoms with Crippen LogP contribution in [0, 0.1) is 5.41 Å². The van der Waals surface area contributed by atoms with Crippen LogP contribution in [0.2, 0.25) is 0 Å². The monoisotopic (exact) mass is 550 g/mol. The summed E-state index contributed by atoms with van der Waals surface area (Å²) in [5.74, 6) is -1.55. The predicted molar refractivity (Wildman–Crippen MR) is 148 cm³/mol. The van der Waals surface area contributed by atoms with E-state index >= 15 is 0 Å². The van der Waals surface area contributed by atoms with Gasteiger partial charge in [0.2, 0.25) is 5.91 Å². The van der Waals surface area contributed by atoms with Gasteiger partial charge in [0, 0.05) is 36.2 Å². The first-order valence-electron chi connectivity index (χ1n) is 13.1. The van der Waals surface area contributed by atoms with Crippen molar-refractivity contribution in [3.05, 3.63) is 52.1 Å². The number of carboxylic acids is 1. The van der Waals surface area contributed by atoms with E-state index in [0.717, 1.165) is 5.56 Å². The van der Waals surface area contributed by atoms with Crippen LogP contribution >= 0.6 is 0 Å². The van der Waals surface area contributed by atoms with E-state index in [9.17, 15) is 24.3 Å². The number of nitrogens with one attached hydrogen (secondary N) is 1. The average molecular weight is 551 g/mol. The molecule has 0 saturated carbocycles. The number of amidine groups is 1. The topological polar surface area (TPSA) is 163 Å². The molecule has 11 heteroatoms. The van der Waals surface area contributed by atoms with Crippen LogP contribution in [0.4, 0.5) is 5.69 Å². The minimum Gasteiger partial charge on any atom is -0.493 e. The molecule has 2 aromatic carbocycles. The van der Waals surface area contributed by atoms with E-state index in [-0.39, 0.29) is 41.9 Å². The molecule has 0 aromatic heterocycles. The molecule has 2 heterocycles. The SMILES string of the molecule is CCOc1cc2c(cc1C(N)=O)C(=N)N(CC(=O)c1cc(N3CCCC3=O)c(OCC(=O)O)c(C(C)(C)C)c1)C2. The van der Waals surface area contributed by atoms with Crippen molar-refractivity contribution >= 4 is 35.1 Å². The van der Waals surface area contributed by atoms with Gasteiger partial charge in [-0.25, -0.2) is 4.79 Å². The number of rotatable bonds is 10. The van der Waals surface area contributed by atoms with Gasteiger partial charge in [-0.15, -0.1) is 0 Å². The number of benzene rings is 2. The minimum atomic E-state index is -1.15. The third-order valence-electron chi connectivity index (χ3n) is 6.94. The summed E-state index contributed by atoms with van der Waals surface area (Å²) in [5, 5.41) is 17.9. The number of nitrogens with zero attached hydrogens (tertiary/aromatic N) is 2. The molecule has 0 bridgehead atoms. The molecule has 4 N–H and O–H groups in total. The second-order valence-corrected chi connectivity index (χ2v) is 10.9. The fourth-order valence-electron chi connectivity index (χ4n) is 5.02. The van der Waals surface area contributed by atoms with Gasteiger partial charge in [0.15, 0.2) is 12.4 Å². The number of primary amides is 1. The number of carbonyl (C=O) groups is 4. The molecule has 2 aliphatic heterocycles. The van der Waals surface area contributed by atoms with E-state index in [4.69, 9.17) is 20.6 Å². The number of Topliss-reactive ketones (excluding diaryl/α,β-unsaturated/α-hetero) is 1. The van der Waals surface area contributed by atoms with Gasteiger partial charge in [0.1, 0.15) is 17.3 Å². The highest BCUT2D eigenvalue weighted by Gasteiger charge is 2.33. The van der Waals surface area contributed by atoms with Gasteiger partial charge in [-0.3, -0.25) is 19.8 Å². The van der Waals surface area contributed by atoms with Gasteiger partial charge in [0.25, 0.3) is 5.91 Å². The Bertz CT molecular complexity index is 1410. The molecule has 1 fully saturated rings. The molecule has 0 atom stereocenters. The fraction of sp³-hybridized carbons (Fsp3) is 0.414. The summed E-state index contributed by atoms with van der Waals surface area (Å²) < 4.78 is 11.3. The van der Waals surface area contributed by atoms with Gasteiger partial charge < -0.3 is 30.1 Å². The molecule has 11 nitrogen and oxygen atoms in total. The van der Waals surface area contributed by atoms with E-state index in [1.54, 1.807) is 30.0 Å². The number of carboxylic acid groups (broad SMARTS) is 1. The Morgan fingerprint density at radius 3 is 2.42 bits per heavy atom. The number of hydrogen-bond donors (Lipinski definition) is 3. The Kier molecular flexibility index (Phi) is 7.86. The summed E-state index contributed by atoms with van der Waals surface area (Å²) in [6.07, 6.45) is 0.988. The maximum absolute atomic E-state index is 13.7. The van der Waals surface area contributed by atoms with Crippen molar-refractivity contribution < 1.29 is 33.8 Å². The van der Waals surface area contributed by atoms with Gasteiger partial charge in [0.05, 0.1) is 24.4 Å². The van der Waals surface area contributed by atoms with Gasteiger partial charge in [-0.1, -0.05) is 20.8 Å². The normalized spacial score (nSPS) is 14.9. The summed E-state index contributed by atoms with van der Waals surface area (Å²) in [5.41, 5.74) is 7.68. The summed E-state index contributed by atoms with van der Waals surface area (Å²) in [6.45, 7) is 7.85. The lowest BCUT2D eigenvalue weighted by Gasteiger charge is -2.28. The number of amides is 2. The Labute approximate surface area is 232 Å². The number of carbonyl (C=O) groups excluding carboxylic acids is 3. The predicted octanol–water partition coefficient (Wildman–Crippen LogP) is 3.10. The molecule has 0 unspecified atom stereocenters. The van der Waals surface area contributed by atoms with E-state index in [1.165, 1.54) is 11.0 Å². The van der Waals surface area contributed by atoms with Crippen LogP contribution in [0.1, 0.15) is 77.9 Å². The molecule has 0 aliphatic carbocycles. The van der Waals surface area contributed by atoms with Crippen molar-refractivity contribution in [1.29, 1.82) is 5.41 Å². The number of ether oxygens (including phenoxy) is 2. The van der Waals surface area contributed by atoms with Crippen LogP contribution in [-0.4, -0.2) is 65.7 Å². The van der Waals surface area contributed by atoms with Crippen molar-refractivity contribution in [3.8, 4) is 11.5 Å². The highest BCUT2D eigenvalue weighted by atomic mass is 16.5. The van der Waals surface area contributed by atoms with E-state index in [2.05, 4.69) is 0 Å². The maximum Gasteiger partial charge on any atom is 0.341 e. The average Bonchev–Trinajstić information content (AvgIpc) is 3.43. The standard InChI is InChI=1S/C29H34N4O7/c1-5-39-23-11-17-13-32(27(30)18(17)12-19(23)28(31)38)14-22(34)16-9-20(29(2,3)4)26(40-15-25(36)37)21(10-16)33-8-6-7-24(33)35/h9-12,30H,5-8,13-15H2,1-4H3,(H2,31,38)(H,36,37). The highest BCUT2D eigenvalue weighted by Crippen LogP contribution is 2.42. The number of hydrogen-bond acceptors (Lipinski definition) is 7. The number of ketones is 1. The molecular formula is C29H34N4O7. The molecule has 0 radical (unpaired) electrons. The van der Waals surface area contributed by atoms with E-state index in [1.807, 2.05) is 20.8 Å². The quantitative estimate of drug-likeness (QED) is 0.380. The number of anilines is 1. The minimum absolute atomic E-state index is 0.0845. The number of fused-ring (bicyclic) bond motifs is 1. The third kappa shape index (κ3) is 5.63. The van der Waals surface area contributed by atoms with Gasteiger partial charge >= 0.3 is 5.97 Å². The lowest BCUT2D eigenvalue weighted by atomic mass is 9.84. The van der Waals surface area contributed by atoms with Crippen LogP contribution in [0.5, 0.6) is 11.5 Å². The number of nitrogens with two attached hydrogens (primary N) is 1. The summed E-state index contributed by atoms with van der Waals surface area (Å²) in [7, 11) is 0. The largest absolute Gasteiger partial charge is 0.493 e. The summed E-state index contributed by atoms with van der Waals surface area (Å²) in [4.78, 5) is 52.8.